The lowest BCUT2D eigenvalue weighted by atomic mass is 10.0. The molecule has 1 aliphatic rings. The van der Waals surface area contributed by atoms with Crippen molar-refractivity contribution in [3.05, 3.63) is 0 Å². The van der Waals surface area contributed by atoms with Crippen molar-refractivity contribution in [2.75, 3.05) is 47.1 Å². The van der Waals surface area contributed by atoms with Gasteiger partial charge in [-0.05, 0) is 33.6 Å². The van der Waals surface area contributed by atoms with Crippen LogP contribution in [-0.4, -0.2) is 70.5 Å². The normalized spacial score (nSPS) is 22.4. The number of hydrogen-bond donors (Lipinski definition) is 2. The third-order valence-corrected chi connectivity index (χ3v) is 3.98. The van der Waals surface area contributed by atoms with Crippen LogP contribution in [0.4, 0.5) is 4.79 Å². The van der Waals surface area contributed by atoms with E-state index in [0.717, 1.165) is 32.4 Å². The second-order valence-electron chi connectivity index (χ2n) is 7.29. The van der Waals surface area contributed by atoms with Crippen molar-refractivity contribution < 1.29 is 23.7 Å². The first kappa shape index (κ1) is 21.2. The minimum Gasteiger partial charge on any atom is -0.444 e. The molecular formula is C17H34N2O5. The minimum atomic E-state index is -0.470. The van der Waals surface area contributed by atoms with Crippen LogP contribution in [0.25, 0.3) is 0 Å². The Kier molecular flexibility index (Phi) is 8.97. The lowest BCUT2D eigenvalue weighted by molar-refractivity contribution is -0.0193. The van der Waals surface area contributed by atoms with E-state index in [1.807, 2.05) is 20.8 Å². The summed E-state index contributed by atoms with van der Waals surface area (Å²) in [7, 11) is 3.42. The van der Waals surface area contributed by atoms with E-state index in [9.17, 15) is 4.79 Å². The molecule has 7 heteroatoms. The molecule has 2 N–H and O–H groups in total. The molecule has 0 aromatic heterocycles. The quantitative estimate of drug-likeness (QED) is 0.586. The highest BCUT2D eigenvalue weighted by atomic mass is 16.6. The summed E-state index contributed by atoms with van der Waals surface area (Å²) in [6.45, 7) is 8.84. The van der Waals surface area contributed by atoms with Gasteiger partial charge in [0.25, 0.3) is 0 Å². The molecule has 142 valence electrons. The van der Waals surface area contributed by atoms with Crippen molar-refractivity contribution >= 4 is 6.09 Å². The highest BCUT2D eigenvalue weighted by Gasteiger charge is 2.35. The monoisotopic (exact) mass is 346 g/mol. The molecule has 7 nitrogen and oxygen atoms in total. The molecule has 0 saturated carbocycles. The van der Waals surface area contributed by atoms with Gasteiger partial charge in [-0.15, -0.1) is 0 Å². The van der Waals surface area contributed by atoms with E-state index in [2.05, 4.69) is 10.6 Å². The Bertz CT molecular complexity index is 364. The van der Waals surface area contributed by atoms with E-state index in [4.69, 9.17) is 18.9 Å². The van der Waals surface area contributed by atoms with Crippen LogP contribution in [0.5, 0.6) is 0 Å². The van der Waals surface area contributed by atoms with Crippen LogP contribution in [0.1, 0.15) is 40.0 Å². The number of rotatable bonds is 10. The highest BCUT2D eigenvalue weighted by molar-refractivity contribution is 5.67. The Balaban J connectivity index is 2.26. The lowest BCUT2D eigenvalue weighted by Gasteiger charge is -2.29. The topological polar surface area (TPSA) is 78.1 Å². The van der Waals surface area contributed by atoms with Gasteiger partial charge in [0, 0.05) is 46.4 Å². The molecule has 0 aromatic carbocycles. The maximum atomic E-state index is 11.6. The van der Waals surface area contributed by atoms with Gasteiger partial charge in [0.15, 0.2) is 0 Å². The summed E-state index contributed by atoms with van der Waals surface area (Å²) in [6.07, 6.45) is 2.26. The van der Waals surface area contributed by atoms with Gasteiger partial charge in [0.1, 0.15) is 11.2 Å². The predicted octanol–water partition coefficient (Wildman–Crippen LogP) is 1.70. The minimum absolute atomic E-state index is 0.211. The van der Waals surface area contributed by atoms with Crippen molar-refractivity contribution in [2.45, 2.75) is 57.3 Å². The Morgan fingerprint density at radius 2 is 2.08 bits per heavy atom. The van der Waals surface area contributed by atoms with E-state index in [1.54, 1.807) is 14.2 Å². The molecule has 24 heavy (non-hydrogen) atoms. The summed E-state index contributed by atoms with van der Waals surface area (Å²) in [5.41, 5.74) is -0.706. The van der Waals surface area contributed by atoms with Crippen LogP contribution in [0, 0.1) is 0 Å². The largest absolute Gasteiger partial charge is 0.444 e. The molecule has 1 saturated heterocycles. The molecular weight excluding hydrogens is 312 g/mol. The second-order valence-corrected chi connectivity index (χ2v) is 7.29. The van der Waals surface area contributed by atoms with Crippen LogP contribution in [0.15, 0.2) is 0 Å². The molecule has 0 spiro atoms. The Labute approximate surface area is 145 Å². The fraction of sp³-hybridized carbons (Fsp3) is 0.941. The van der Waals surface area contributed by atoms with Crippen LogP contribution < -0.4 is 10.6 Å². The zero-order chi connectivity index (χ0) is 18.1. The van der Waals surface area contributed by atoms with Gasteiger partial charge in [-0.1, -0.05) is 0 Å². The Hall–Kier alpha value is -0.890. The Morgan fingerprint density at radius 1 is 1.33 bits per heavy atom. The number of hydrogen-bond acceptors (Lipinski definition) is 6. The van der Waals surface area contributed by atoms with Gasteiger partial charge in [0.2, 0.25) is 0 Å². The highest BCUT2D eigenvalue weighted by Crippen LogP contribution is 2.21. The lowest BCUT2D eigenvalue weighted by Crippen LogP contribution is -2.47. The number of nitrogens with one attached hydrogen (secondary N) is 2. The van der Waals surface area contributed by atoms with Crippen LogP contribution in [-0.2, 0) is 18.9 Å². The fourth-order valence-electron chi connectivity index (χ4n) is 2.59. The fourth-order valence-corrected chi connectivity index (χ4v) is 2.59. The summed E-state index contributed by atoms with van der Waals surface area (Å²) in [6, 6.07) is 0.211. The van der Waals surface area contributed by atoms with Crippen molar-refractivity contribution in [3.8, 4) is 0 Å². The molecule has 0 aliphatic carbocycles. The van der Waals surface area contributed by atoms with Gasteiger partial charge < -0.3 is 29.6 Å². The van der Waals surface area contributed by atoms with Gasteiger partial charge >= 0.3 is 6.09 Å². The first-order valence-corrected chi connectivity index (χ1v) is 8.62. The maximum Gasteiger partial charge on any atom is 0.407 e. The summed E-state index contributed by atoms with van der Waals surface area (Å²) < 4.78 is 21.6. The number of amides is 1. The van der Waals surface area contributed by atoms with E-state index in [0.29, 0.717) is 19.8 Å². The Morgan fingerprint density at radius 3 is 2.62 bits per heavy atom. The molecule has 0 bridgehead atoms. The standard InChI is InChI=1S/C17H34N2O5/c1-16(2,3)24-15(20)18-9-6-7-14(11-21-4)19-12-17(22-5)8-10-23-13-17/h14,19H,6-13H2,1-5H3,(H,18,20). The van der Waals surface area contributed by atoms with Gasteiger partial charge in [-0.2, -0.15) is 0 Å². The third kappa shape index (κ3) is 8.28. The molecule has 1 rings (SSSR count). The number of ether oxygens (including phenoxy) is 4. The number of methoxy groups -OCH3 is 2. The van der Waals surface area contributed by atoms with Crippen molar-refractivity contribution in [1.29, 1.82) is 0 Å². The molecule has 1 heterocycles. The molecule has 1 amide bonds. The molecule has 2 atom stereocenters. The van der Waals surface area contributed by atoms with E-state index in [-0.39, 0.29) is 17.7 Å². The smallest absolute Gasteiger partial charge is 0.407 e. The SMILES string of the molecule is COCC(CCCNC(=O)OC(C)(C)C)NCC1(OC)CCOC1. The summed E-state index contributed by atoms with van der Waals surface area (Å²) in [5, 5.41) is 6.28. The zero-order valence-corrected chi connectivity index (χ0v) is 15.8. The number of alkyl carbamates (subject to hydrolysis) is 1. The van der Waals surface area contributed by atoms with Gasteiger partial charge in [-0.25, -0.2) is 4.79 Å². The van der Waals surface area contributed by atoms with Crippen molar-refractivity contribution in [2.24, 2.45) is 0 Å². The predicted molar refractivity (Wildman–Crippen MR) is 92.3 cm³/mol. The molecule has 2 unspecified atom stereocenters. The summed E-state index contributed by atoms with van der Waals surface area (Å²) >= 11 is 0. The average Bonchev–Trinajstić information content (AvgIpc) is 2.96. The van der Waals surface area contributed by atoms with E-state index < -0.39 is 5.60 Å². The molecule has 0 aromatic rings. The first-order valence-electron chi connectivity index (χ1n) is 8.62. The zero-order valence-electron chi connectivity index (χ0n) is 15.8. The van der Waals surface area contributed by atoms with E-state index >= 15 is 0 Å². The maximum absolute atomic E-state index is 11.6. The van der Waals surface area contributed by atoms with Crippen LogP contribution in [0.3, 0.4) is 0 Å². The number of carbonyl (C=O) groups excluding carboxylic acids is 1. The average molecular weight is 346 g/mol. The number of carbonyl (C=O) groups is 1. The second kappa shape index (κ2) is 10.2. The van der Waals surface area contributed by atoms with Crippen LogP contribution in [0.2, 0.25) is 0 Å². The van der Waals surface area contributed by atoms with Gasteiger partial charge in [-0.3, -0.25) is 0 Å². The van der Waals surface area contributed by atoms with Crippen molar-refractivity contribution in [3.63, 3.8) is 0 Å². The molecule has 1 aliphatic heterocycles. The van der Waals surface area contributed by atoms with E-state index in [1.165, 1.54) is 0 Å². The first-order chi connectivity index (χ1) is 11.3. The molecule has 1 fully saturated rings. The third-order valence-electron chi connectivity index (χ3n) is 3.98. The van der Waals surface area contributed by atoms with Crippen LogP contribution >= 0.6 is 0 Å². The molecule has 0 radical (unpaired) electrons. The summed E-state index contributed by atoms with van der Waals surface area (Å²) in [5.74, 6) is 0. The summed E-state index contributed by atoms with van der Waals surface area (Å²) in [4.78, 5) is 11.6. The van der Waals surface area contributed by atoms with Crippen molar-refractivity contribution in [1.82, 2.24) is 10.6 Å². The van der Waals surface area contributed by atoms with Gasteiger partial charge in [0.05, 0.1) is 13.2 Å².